The van der Waals surface area contributed by atoms with Crippen molar-refractivity contribution in [2.24, 2.45) is 11.7 Å². The summed E-state index contributed by atoms with van der Waals surface area (Å²) in [6, 6.07) is 9.83. The number of rotatable bonds is 8. The smallest absolute Gasteiger partial charge is 0.0424 e. The first-order chi connectivity index (χ1) is 9.97. The van der Waals surface area contributed by atoms with Gasteiger partial charge in [0.2, 0.25) is 0 Å². The molecule has 21 heavy (non-hydrogen) atoms. The molecule has 0 aliphatic heterocycles. The maximum absolute atomic E-state index is 6.45. The average molecular weight is 288 g/mol. The Balaban J connectivity index is 1.93. The van der Waals surface area contributed by atoms with Gasteiger partial charge in [-0.3, -0.25) is 4.90 Å². The largest absolute Gasteiger partial charge is 0.323 e. The van der Waals surface area contributed by atoms with E-state index in [1.807, 2.05) is 0 Å². The third-order valence-electron chi connectivity index (χ3n) is 4.52. The molecule has 0 radical (unpaired) electrons. The topological polar surface area (TPSA) is 29.3 Å². The van der Waals surface area contributed by atoms with Gasteiger partial charge in [-0.1, -0.05) is 52.0 Å². The molecule has 2 nitrogen and oxygen atoms in total. The maximum atomic E-state index is 6.45. The van der Waals surface area contributed by atoms with Gasteiger partial charge in [0, 0.05) is 18.6 Å². The van der Waals surface area contributed by atoms with E-state index in [1.165, 1.54) is 36.9 Å². The molecule has 1 unspecified atom stereocenters. The van der Waals surface area contributed by atoms with Gasteiger partial charge in [-0.2, -0.15) is 0 Å². The van der Waals surface area contributed by atoms with Crippen molar-refractivity contribution in [1.29, 1.82) is 0 Å². The monoisotopic (exact) mass is 288 g/mol. The lowest BCUT2D eigenvalue weighted by atomic mass is 9.99. The Labute approximate surface area is 130 Å². The highest BCUT2D eigenvalue weighted by Crippen LogP contribution is 2.29. The summed E-state index contributed by atoms with van der Waals surface area (Å²) < 4.78 is 0. The van der Waals surface area contributed by atoms with Crippen LogP contribution in [0.1, 0.15) is 70.0 Å². The molecular weight excluding hydrogens is 256 g/mol. The summed E-state index contributed by atoms with van der Waals surface area (Å²) in [5.74, 6) is 1.36. The van der Waals surface area contributed by atoms with Crippen LogP contribution in [0.25, 0.3) is 0 Å². The molecule has 2 N–H and O–H groups in total. The van der Waals surface area contributed by atoms with Crippen LogP contribution in [0.5, 0.6) is 0 Å². The van der Waals surface area contributed by atoms with E-state index in [2.05, 4.69) is 56.9 Å². The Bertz CT molecular complexity index is 418. The van der Waals surface area contributed by atoms with Crippen molar-refractivity contribution < 1.29 is 0 Å². The van der Waals surface area contributed by atoms with Crippen LogP contribution in [0.4, 0.5) is 0 Å². The number of benzene rings is 1. The van der Waals surface area contributed by atoms with E-state index < -0.39 is 0 Å². The second kappa shape index (κ2) is 7.42. The van der Waals surface area contributed by atoms with Crippen LogP contribution >= 0.6 is 0 Å². The Morgan fingerprint density at radius 3 is 2.10 bits per heavy atom. The minimum absolute atomic E-state index is 0.138. The highest BCUT2D eigenvalue weighted by Gasteiger charge is 2.29. The van der Waals surface area contributed by atoms with E-state index in [4.69, 9.17) is 5.73 Å². The van der Waals surface area contributed by atoms with Gasteiger partial charge in [-0.15, -0.1) is 0 Å². The molecule has 1 fully saturated rings. The summed E-state index contributed by atoms with van der Waals surface area (Å²) in [4.78, 5) is 2.61. The van der Waals surface area contributed by atoms with Crippen LogP contribution in [-0.2, 0) is 0 Å². The predicted molar refractivity (Wildman–Crippen MR) is 91.5 cm³/mol. The minimum atomic E-state index is 0.138. The van der Waals surface area contributed by atoms with Gasteiger partial charge in [-0.25, -0.2) is 0 Å². The summed E-state index contributed by atoms with van der Waals surface area (Å²) in [5.41, 5.74) is 9.12. The molecule has 0 bridgehead atoms. The standard InChI is InChI=1S/C19H32N2/c1-14(2)11-12-21(18-9-10-18)13-19(20)17-7-5-16(6-8-17)15(3)4/h5-8,14-15,18-19H,9-13,20H2,1-4H3. The summed E-state index contributed by atoms with van der Waals surface area (Å²) in [7, 11) is 0. The fourth-order valence-electron chi connectivity index (χ4n) is 2.77. The molecule has 1 aliphatic carbocycles. The molecule has 2 heteroatoms. The van der Waals surface area contributed by atoms with E-state index in [0.29, 0.717) is 5.92 Å². The van der Waals surface area contributed by atoms with Gasteiger partial charge in [0.05, 0.1) is 0 Å². The van der Waals surface area contributed by atoms with Crippen LogP contribution in [0.3, 0.4) is 0 Å². The van der Waals surface area contributed by atoms with Gasteiger partial charge >= 0.3 is 0 Å². The Kier molecular flexibility index (Phi) is 5.83. The Hall–Kier alpha value is -0.860. The third-order valence-corrected chi connectivity index (χ3v) is 4.52. The van der Waals surface area contributed by atoms with Crippen LogP contribution in [-0.4, -0.2) is 24.0 Å². The first kappa shape index (κ1) is 16.5. The molecule has 1 aliphatic rings. The van der Waals surface area contributed by atoms with E-state index in [-0.39, 0.29) is 6.04 Å². The molecule has 1 atom stereocenters. The van der Waals surface area contributed by atoms with Crippen molar-refractivity contribution >= 4 is 0 Å². The molecule has 118 valence electrons. The molecule has 1 aromatic rings. The lowest BCUT2D eigenvalue weighted by molar-refractivity contribution is 0.233. The lowest BCUT2D eigenvalue weighted by Crippen LogP contribution is -2.35. The summed E-state index contributed by atoms with van der Waals surface area (Å²) in [6.45, 7) is 11.3. The fourth-order valence-corrected chi connectivity index (χ4v) is 2.77. The van der Waals surface area contributed by atoms with E-state index in [9.17, 15) is 0 Å². The zero-order valence-electron chi connectivity index (χ0n) is 14.2. The minimum Gasteiger partial charge on any atom is -0.323 e. The molecule has 0 amide bonds. The molecule has 0 aromatic heterocycles. The maximum Gasteiger partial charge on any atom is 0.0424 e. The Morgan fingerprint density at radius 1 is 1.05 bits per heavy atom. The van der Waals surface area contributed by atoms with Gasteiger partial charge in [0.15, 0.2) is 0 Å². The molecule has 1 aromatic carbocycles. The van der Waals surface area contributed by atoms with E-state index in [1.54, 1.807) is 0 Å². The molecule has 2 rings (SSSR count). The molecular formula is C19H32N2. The summed E-state index contributed by atoms with van der Waals surface area (Å²) in [6.07, 6.45) is 3.99. The average Bonchev–Trinajstić information content (AvgIpc) is 3.27. The van der Waals surface area contributed by atoms with Gasteiger partial charge in [0.1, 0.15) is 0 Å². The second-order valence-corrected chi connectivity index (χ2v) is 7.34. The van der Waals surface area contributed by atoms with Crippen LogP contribution < -0.4 is 5.73 Å². The third kappa shape index (κ3) is 5.12. The number of hydrogen-bond donors (Lipinski definition) is 1. The lowest BCUT2D eigenvalue weighted by Gasteiger charge is -2.26. The van der Waals surface area contributed by atoms with Gasteiger partial charge < -0.3 is 5.73 Å². The van der Waals surface area contributed by atoms with Crippen molar-refractivity contribution in [3.8, 4) is 0 Å². The highest BCUT2D eigenvalue weighted by atomic mass is 15.2. The van der Waals surface area contributed by atoms with Crippen LogP contribution in [0.2, 0.25) is 0 Å². The zero-order valence-corrected chi connectivity index (χ0v) is 14.2. The predicted octanol–water partition coefficient (Wildman–Crippen LogP) is 4.32. The first-order valence-corrected chi connectivity index (χ1v) is 8.57. The number of nitrogens with zero attached hydrogens (tertiary/aromatic N) is 1. The number of nitrogens with two attached hydrogens (primary N) is 1. The van der Waals surface area contributed by atoms with Gasteiger partial charge in [-0.05, 0) is 48.8 Å². The molecule has 0 heterocycles. The SMILES string of the molecule is CC(C)CCN(CC(N)c1ccc(C(C)C)cc1)C1CC1. The fraction of sp³-hybridized carbons (Fsp3) is 0.684. The van der Waals surface area contributed by atoms with Crippen LogP contribution in [0.15, 0.2) is 24.3 Å². The normalized spacial score (nSPS) is 17.0. The quantitative estimate of drug-likeness (QED) is 0.772. The zero-order chi connectivity index (χ0) is 15.4. The van der Waals surface area contributed by atoms with Crippen molar-refractivity contribution in [2.45, 2.75) is 65.0 Å². The summed E-state index contributed by atoms with van der Waals surface area (Å²) in [5, 5.41) is 0. The molecule has 0 saturated heterocycles. The van der Waals surface area contributed by atoms with Crippen molar-refractivity contribution in [3.63, 3.8) is 0 Å². The molecule has 0 spiro atoms. The first-order valence-electron chi connectivity index (χ1n) is 8.57. The number of hydrogen-bond acceptors (Lipinski definition) is 2. The molecule has 1 saturated carbocycles. The van der Waals surface area contributed by atoms with Gasteiger partial charge in [0.25, 0.3) is 0 Å². The highest BCUT2D eigenvalue weighted by molar-refractivity contribution is 5.26. The Morgan fingerprint density at radius 2 is 1.62 bits per heavy atom. The second-order valence-electron chi connectivity index (χ2n) is 7.34. The van der Waals surface area contributed by atoms with Crippen molar-refractivity contribution in [1.82, 2.24) is 4.90 Å². The van der Waals surface area contributed by atoms with E-state index in [0.717, 1.165) is 18.5 Å². The van der Waals surface area contributed by atoms with E-state index >= 15 is 0 Å². The van der Waals surface area contributed by atoms with Crippen molar-refractivity contribution in [3.05, 3.63) is 35.4 Å². The summed E-state index contributed by atoms with van der Waals surface area (Å²) >= 11 is 0. The van der Waals surface area contributed by atoms with Crippen LogP contribution in [0, 0.1) is 5.92 Å². The van der Waals surface area contributed by atoms with Crippen molar-refractivity contribution in [2.75, 3.05) is 13.1 Å².